The average molecular weight is 291 g/mol. The van der Waals surface area contributed by atoms with Crippen molar-refractivity contribution in [3.63, 3.8) is 0 Å². The highest BCUT2D eigenvalue weighted by Crippen LogP contribution is 2.04. The van der Waals surface area contributed by atoms with Gasteiger partial charge in [-0.05, 0) is 12.0 Å². The Balaban J connectivity index is 1.66. The molecule has 1 aliphatic rings. The van der Waals surface area contributed by atoms with E-state index in [1.54, 1.807) is 7.11 Å². The zero-order valence-electron chi connectivity index (χ0n) is 12.8. The minimum absolute atomic E-state index is 0.0374. The molecule has 1 heterocycles. The molecule has 0 aromatic heterocycles. The van der Waals surface area contributed by atoms with Gasteiger partial charge in [0, 0.05) is 53.0 Å². The maximum Gasteiger partial charge on any atom is 0.317 e. The molecule has 1 N–H and O–H groups in total. The van der Waals surface area contributed by atoms with Crippen LogP contribution in [-0.4, -0.2) is 62.3 Å². The van der Waals surface area contributed by atoms with Crippen molar-refractivity contribution >= 4 is 6.03 Å². The Morgan fingerprint density at radius 1 is 1.19 bits per heavy atom. The number of rotatable bonds is 6. The maximum atomic E-state index is 12.1. The first-order chi connectivity index (χ1) is 10.3. The largest absolute Gasteiger partial charge is 0.385 e. The van der Waals surface area contributed by atoms with E-state index in [1.165, 1.54) is 0 Å². The van der Waals surface area contributed by atoms with Gasteiger partial charge in [0.2, 0.25) is 0 Å². The van der Waals surface area contributed by atoms with Gasteiger partial charge in [0.1, 0.15) is 0 Å². The molecule has 1 aliphatic heterocycles. The Labute approximate surface area is 126 Å². The second-order valence-electron chi connectivity index (χ2n) is 5.32. The number of nitrogens with zero attached hydrogens (tertiary/aromatic N) is 2. The molecule has 116 valence electrons. The van der Waals surface area contributed by atoms with Crippen LogP contribution in [0.5, 0.6) is 0 Å². The lowest BCUT2D eigenvalue weighted by molar-refractivity contribution is 0.125. The molecule has 1 fully saturated rings. The molecule has 0 aliphatic carbocycles. The second-order valence-corrected chi connectivity index (χ2v) is 5.32. The summed E-state index contributed by atoms with van der Waals surface area (Å²) in [5, 5.41) is 2.98. The quantitative estimate of drug-likeness (QED) is 0.809. The minimum Gasteiger partial charge on any atom is -0.385 e. The highest BCUT2D eigenvalue weighted by atomic mass is 16.5. The Morgan fingerprint density at radius 2 is 1.90 bits per heavy atom. The number of ether oxygens (including phenoxy) is 1. The van der Waals surface area contributed by atoms with Crippen LogP contribution >= 0.6 is 0 Å². The Hall–Kier alpha value is -1.59. The third-order valence-electron chi connectivity index (χ3n) is 3.77. The standard InChI is InChI=1S/C16H25N3O2/c1-21-13-5-8-18-9-11-19(12-10-18)16(20)17-14-15-6-3-2-4-7-15/h2-4,6-7H,5,8-14H2,1H3,(H,17,20). The van der Waals surface area contributed by atoms with Crippen LogP contribution in [0.3, 0.4) is 0 Å². The summed E-state index contributed by atoms with van der Waals surface area (Å²) in [6.07, 6.45) is 1.05. The smallest absolute Gasteiger partial charge is 0.317 e. The lowest BCUT2D eigenvalue weighted by Gasteiger charge is -2.34. The van der Waals surface area contributed by atoms with Crippen LogP contribution in [0.1, 0.15) is 12.0 Å². The fourth-order valence-electron chi connectivity index (χ4n) is 2.49. The number of benzene rings is 1. The van der Waals surface area contributed by atoms with Crippen molar-refractivity contribution in [3.8, 4) is 0 Å². The Kier molecular flexibility index (Phi) is 6.50. The van der Waals surface area contributed by atoms with Crippen LogP contribution in [0.25, 0.3) is 0 Å². The molecule has 1 aromatic rings. The zero-order valence-corrected chi connectivity index (χ0v) is 12.8. The summed E-state index contributed by atoms with van der Waals surface area (Å²) in [4.78, 5) is 16.4. The number of hydrogen-bond acceptors (Lipinski definition) is 3. The van der Waals surface area contributed by atoms with Crippen LogP contribution in [-0.2, 0) is 11.3 Å². The molecule has 0 spiro atoms. The predicted molar refractivity (Wildman–Crippen MR) is 83.2 cm³/mol. The van der Waals surface area contributed by atoms with Crippen molar-refractivity contribution in [1.29, 1.82) is 0 Å². The van der Waals surface area contributed by atoms with Crippen LogP contribution in [0.15, 0.2) is 30.3 Å². The first-order valence-corrected chi connectivity index (χ1v) is 7.57. The summed E-state index contributed by atoms with van der Waals surface area (Å²) in [6.45, 7) is 5.94. The highest BCUT2D eigenvalue weighted by molar-refractivity contribution is 5.74. The van der Waals surface area contributed by atoms with Crippen molar-refractivity contribution in [2.45, 2.75) is 13.0 Å². The number of urea groups is 1. The van der Waals surface area contributed by atoms with Gasteiger partial charge in [0.15, 0.2) is 0 Å². The summed E-state index contributed by atoms with van der Waals surface area (Å²) in [6, 6.07) is 10.0. The fourth-order valence-corrected chi connectivity index (χ4v) is 2.49. The summed E-state index contributed by atoms with van der Waals surface area (Å²) in [5.41, 5.74) is 1.13. The summed E-state index contributed by atoms with van der Waals surface area (Å²) < 4.78 is 5.07. The molecule has 0 bridgehead atoms. The maximum absolute atomic E-state index is 12.1. The van der Waals surface area contributed by atoms with Crippen molar-refractivity contribution < 1.29 is 9.53 Å². The van der Waals surface area contributed by atoms with E-state index in [0.29, 0.717) is 6.54 Å². The number of nitrogens with one attached hydrogen (secondary N) is 1. The molecule has 2 amide bonds. The van der Waals surface area contributed by atoms with Crippen molar-refractivity contribution in [1.82, 2.24) is 15.1 Å². The van der Waals surface area contributed by atoms with E-state index in [-0.39, 0.29) is 6.03 Å². The molecule has 0 radical (unpaired) electrons. The molecule has 0 unspecified atom stereocenters. The van der Waals surface area contributed by atoms with Crippen molar-refractivity contribution in [3.05, 3.63) is 35.9 Å². The van der Waals surface area contributed by atoms with E-state index in [1.807, 2.05) is 35.2 Å². The number of carbonyl (C=O) groups excluding carboxylic acids is 1. The summed E-state index contributed by atoms with van der Waals surface area (Å²) >= 11 is 0. The first-order valence-electron chi connectivity index (χ1n) is 7.57. The molecule has 5 heteroatoms. The van der Waals surface area contributed by atoms with E-state index in [0.717, 1.165) is 51.3 Å². The normalized spacial score (nSPS) is 16.0. The van der Waals surface area contributed by atoms with Gasteiger partial charge in [-0.1, -0.05) is 30.3 Å². The molecule has 21 heavy (non-hydrogen) atoms. The van der Waals surface area contributed by atoms with Gasteiger partial charge < -0.3 is 15.0 Å². The van der Waals surface area contributed by atoms with Gasteiger partial charge in [-0.15, -0.1) is 0 Å². The van der Waals surface area contributed by atoms with Crippen LogP contribution in [0, 0.1) is 0 Å². The van der Waals surface area contributed by atoms with Gasteiger partial charge in [-0.25, -0.2) is 4.79 Å². The zero-order chi connectivity index (χ0) is 14.9. The van der Waals surface area contributed by atoms with Gasteiger partial charge >= 0.3 is 6.03 Å². The van der Waals surface area contributed by atoms with E-state index >= 15 is 0 Å². The molecule has 1 saturated heterocycles. The molecule has 0 saturated carbocycles. The monoisotopic (exact) mass is 291 g/mol. The third-order valence-corrected chi connectivity index (χ3v) is 3.77. The second kappa shape index (κ2) is 8.64. The van der Waals surface area contributed by atoms with Gasteiger partial charge in [-0.2, -0.15) is 0 Å². The van der Waals surface area contributed by atoms with Gasteiger partial charge in [0.25, 0.3) is 0 Å². The van der Waals surface area contributed by atoms with E-state index in [9.17, 15) is 4.79 Å². The molecule has 1 aromatic carbocycles. The lowest BCUT2D eigenvalue weighted by atomic mass is 10.2. The average Bonchev–Trinajstić information content (AvgIpc) is 2.54. The first kappa shape index (κ1) is 15.8. The number of hydrogen-bond donors (Lipinski definition) is 1. The number of methoxy groups -OCH3 is 1. The molecule has 5 nitrogen and oxygen atoms in total. The van der Waals surface area contributed by atoms with E-state index < -0.39 is 0 Å². The number of piperazine rings is 1. The summed E-state index contributed by atoms with van der Waals surface area (Å²) in [5.74, 6) is 0. The van der Waals surface area contributed by atoms with Gasteiger partial charge in [0.05, 0.1) is 0 Å². The van der Waals surface area contributed by atoms with E-state index in [2.05, 4.69) is 10.2 Å². The highest BCUT2D eigenvalue weighted by Gasteiger charge is 2.20. The van der Waals surface area contributed by atoms with Crippen LogP contribution in [0.4, 0.5) is 4.79 Å². The third kappa shape index (κ3) is 5.36. The van der Waals surface area contributed by atoms with Crippen molar-refractivity contribution in [2.75, 3.05) is 46.4 Å². The molecular weight excluding hydrogens is 266 g/mol. The predicted octanol–water partition coefficient (Wildman–Crippen LogP) is 1.55. The number of carbonyl (C=O) groups is 1. The van der Waals surface area contributed by atoms with Crippen molar-refractivity contribution in [2.24, 2.45) is 0 Å². The Morgan fingerprint density at radius 3 is 2.57 bits per heavy atom. The molecular formula is C16H25N3O2. The Bertz CT molecular complexity index is 417. The number of amides is 2. The van der Waals surface area contributed by atoms with Crippen LogP contribution < -0.4 is 5.32 Å². The molecule has 2 rings (SSSR count). The lowest BCUT2D eigenvalue weighted by Crippen LogP contribution is -2.51. The minimum atomic E-state index is 0.0374. The fraction of sp³-hybridized carbons (Fsp3) is 0.562. The van der Waals surface area contributed by atoms with Gasteiger partial charge in [-0.3, -0.25) is 4.90 Å². The SMILES string of the molecule is COCCCN1CCN(C(=O)NCc2ccccc2)CC1. The molecule has 0 atom stereocenters. The van der Waals surface area contributed by atoms with E-state index in [4.69, 9.17) is 4.74 Å². The van der Waals surface area contributed by atoms with Crippen LogP contribution in [0.2, 0.25) is 0 Å². The summed E-state index contributed by atoms with van der Waals surface area (Å²) in [7, 11) is 1.73. The topological polar surface area (TPSA) is 44.8 Å².